The summed E-state index contributed by atoms with van der Waals surface area (Å²) in [5, 5.41) is 9.12. The van der Waals surface area contributed by atoms with Gasteiger partial charge in [0.05, 0.1) is 5.69 Å². The molecule has 6 N–H and O–H groups in total. The number of nitrogen functional groups attached to an aromatic ring is 1. The van der Waals surface area contributed by atoms with Crippen LogP contribution < -0.4 is 16.2 Å². The number of nitrogens with two attached hydrogens (primary N) is 2. The third kappa shape index (κ3) is 3.42. The summed E-state index contributed by atoms with van der Waals surface area (Å²) in [4.78, 5) is 10.5. The second kappa shape index (κ2) is 5.34. The smallest absolute Gasteiger partial charge is 0.247 e. The van der Waals surface area contributed by atoms with Gasteiger partial charge in [-0.05, 0) is 24.6 Å². The Kier molecular flexibility index (Phi) is 4.28. The number of nitrogens with one attached hydrogen (secondary N) is 1. The van der Waals surface area contributed by atoms with Crippen molar-refractivity contribution in [3.63, 3.8) is 0 Å². The molecule has 1 rings (SSSR count). The Balaban J connectivity index is 2.90. The van der Waals surface area contributed by atoms with Crippen molar-refractivity contribution in [1.82, 2.24) is 4.72 Å². The number of hydrogen-bond acceptors (Lipinski definition) is 5. The number of primary amides is 1. The lowest BCUT2D eigenvalue weighted by Gasteiger charge is -2.11. The maximum Gasteiger partial charge on any atom is 0.247 e. The third-order valence-electron chi connectivity index (χ3n) is 2.25. The molecule has 0 saturated heterocycles. The summed E-state index contributed by atoms with van der Waals surface area (Å²) in [5.74, 6) is -1.01. The Morgan fingerprint density at radius 2 is 2.11 bits per heavy atom. The Hall–Kier alpha value is -1.64. The SMILES string of the molecule is Cc1ccc(S(=O)(=O)NCC(O)C(N)=O)c(N)c1. The van der Waals surface area contributed by atoms with Gasteiger partial charge in [0.25, 0.3) is 0 Å². The van der Waals surface area contributed by atoms with Crippen LogP contribution in [0, 0.1) is 6.92 Å². The molecule has 18 heavy (non-hydrogen) atoms. The number of aliphatic hydroxyl groups is 1. The molecule has 1 amide bonds. The summed E-state index contributed by atoms with van der Waals surface area (Å²) in [6.45, 7) is 1.28. The number of hydrogen-bond donors (Lipinski definition) is 4. The zero-order valence-electron chi connectivity index (χ0n) is 9.75. The van der Waals surface area contributed by atoms with Gasteiger partial charge >= 0.3 is 0 Å². The molecular formula is C10H15N3O4S. The van der Waals surface area contributed by atoms with Gasteiger partial charge in [-0.25, -0.2) is 13.1 Å². The van der Waals surface area contributed by atoms with E-state index in [0.29, 0.717) is 0 Å². The lowest BCUT2D eigenvalue weighted by Crippen LogP contribution is -2.40. The number of sulfonamides is 1. The summed E-state index contributed by atoms with van der Waals surface area (Å²) in [7, 11) is -3.88. The molecular weight excluding hydrogens is 258 g/mol. The second-order valence-corrected chi connectivity index (χ2v) is 5.55. The number of carbonyl (C=O) groups is 1. The van der Waals surface area contributed by atoms with Gasteiger partial charge < -0.3 is 16.6 Å². The Labute approximate surface area is 105 Å². The quantitative estimate of drug-likeness (QED) is 0.494. The van der Waals surface area contributed by atoms with Gasteiger partial charge in [-0.2, -0.15) is 0 Å². The molecule has 0 saturated carbocycles. The number of aryl methyl sites for hydroxylation is 1. The van der Waals surface area contributed by atoms with Crippen LogP contribution in [0.15, 0.2) is 23.1 Å². The fourth-order valence-electron chi connectivity index (χ4n) is 1.28. The van der Waals surface area contributed by atoms with E-state index in [-0.39, 0.29) is 10.6 Å². The van der Waals surface area contributed by atoms with Crippen LogP contribution in [-0.4, -0.2) is 32.1 Å². The Morgan fingerprint density at radius 3 is 2.61 bits per heavy atom. The van der Waals surface area contributed by atoms with Crippen LogP contribution in [0.5, 0.6) is 0 Å². The molecule has 0 aromatic heterocycles. The highest BCUT2D eigenvalue weighted by atomic mass is 32.2. The van der Waals surface area contributed by atoms with Crippen molar-refractivity contribution in [3.05, 3.63) is 23.8 Å². The summed E-state index contributed by atoms with van der Waals surface area (Å²) in [5.41, 5.74) is 11.3. The van der Waals surface area contributed by atoms with Crippen molar-refractivity contribution >= 4 is 21.6 Å². The molecule has 0 aliphatic rings. The fourth-order valence-corrected chi connectivity index (χ4v) is 2.43. The van der Waals surface area contributed by atoms with Gasteiger partial charge in [-0.3, -0.25) is 4.79 Å². The van der Waals surface area contributed by atoms with Crippen molar-refractivity contribution in [2.24, 2.45) is 5.73 Å². The van der Waals surface area contributed by atoms with E-state index in [9.17, 15) is 13.2 Å². The van der Waals surface area contributed by atoms with Crippen molar-refractivity contribution in [2.45, 2.75) is 17.9 Å². The zero-order valence-corrected chi connectivity index (χ0v) is 10.6. The molecule has 1 atom stereocenters. The average molecular weight is 273 g/mol. The van der Waals surface area contributed by atoms with E-state index in [4.69, 9.17) is 16.6 Å². The maximum atomic E-state index is 11.8. The predicted molar refractivity (Wildman–Crippen MR) is 66.0 cm³/mol. The predicted octanol–water partition coefficient (Wildman–Crippen LogP) is -1.30. The van der Waals surface area contributed by atoms with E-state index >= 15 is 0 Å². The first kappa shape index (κ1) is 14.4. The van der Waals surface area contributed by atoms with Crippen molar-refractivity contribution in [3.8, 4) is 0 Å². The Morgan fingerprint density at radius 1 is 1.50 bits per heavy atom. The number of carbonyl (C=O) groups excluding carboxylic acids is 1. The standard InChI is InChI=1S/C10H15N3O4S/c1-6-2-3-9(7(11)4-6)18(16,17)13-5-8(14)10(12)15/h2-4,8,13-14H,5,11H2,1H3,(H2,12,15). The van der Waals surface area contributed by atoms with E-state index in [0.717, 1.165) is 5.56 Å². The number of rotatable bonds is 5. The molecule has 0 bridgehead atoms. The third-order valence-corrected chi connectivity index (χ3v) is 3.75. The second-order valence-electron chi connectivity index (χ2n) is 3.81. The molecule has 0 aliphatic carbocycles. The van der Waals surface area contributed by atoms with Crippen LogP contribution in [0.25, 0.3) is 0 Å². The van der Waals surface area contributed by atoms with E-state index in [1.807, 2.05) is 0 Å². The molecule has 1 unspecified atom stereocenters. The van der Waals surface area contributed by atoms with Crippen LogP contribution >= 0.6 is 0 Å². The van der Waals surface area contributed by atoms with E-state index in [1.54, 1.807) is 13.0 Å². The minimum absolute atomic E-state index is 0.0936. The highest BCUT2D eigenvalue weighted by Gasteiger charge is 2.20. The van der Waals surface area contributed by atoms with Crippen molar-refractivity contribution in [2.75, 3.05) is 12.3 Å². The van der Waals surface area contributed by atoms with Gasteiger partial charge in [0.2, 0.25) is 15.9 Å². The lowest BCUT2D eigenvalue weighted by atomic mass is 10.2. The average Bonchev–Trinajstić information content (AvgIpc) is 2.25. The van der Waals surface area contributed by atoms with Crippen LogP contribution in [0.3, 0.4) is 0 Å². The number of benzene rings is 1. The molecule has 100 valence electrons. The van der Waals surface area contributed by atoms with Crippen molar-refractivity contribution < 1.29 is 18.3 Å². The first-order valence-electron chi connectivity index (χ1n) is 5.07. The lowest BCUT2D eigenvalue weighted by molar-refractivity contribution is -0.125. The molecule has 1 aromatic rings. The van der Waals surface area contributed by atoms with Gasteiger partial charge in [-0.1, -0.05) is 6.07 Å². The highest BCUT2D eigenvalue weighted by molar-refractivity contribution is 7.89. The molecule has 0 heterocycles. The Bertz CT molecular complexity index is 556. The monoisotopic (exact) mass is 273 g/mol. The molecule has 8 heteroatoms. The summed E-state index contributed by atoms with van der Waals surface area (Å²) < 4.78 is 25.7. The summed E-state index contributed by atoms with van der Waals surface area (Å²) in [6.07, 6.45) is -1.58. The number of anilines is 1. The van der Waals surface area contributed by atoms with Gasteiger partial charge in [0.15, 0.2) is 0 Å². The summed E-state index contributed by atoms with van der Waals surface area (Å²) >= 11 is 0. The minimum Gasteiger partial charge on any atom is -0.398 e. The first-order chi connectivity index (χ1) is 8.24. The van der Waals surface area contributed by atoms with E-state index in [1.165, 1.54) is 12.1 Å². The molecule has 0 fully saturated rings. The topological polar surface area (TPSA) is 136 Å². The van der Waals surface area contributed by atoms with E-state index < -0.39 is 28.6 Å². The molecule has 1 aromatic carbocycles. The first-order valence-corrected chi connectivity index (χ1v) is 6.55. The highest BCUT2D eigenvalue weighted by Crippen LogP contribution is 2.18. The van der Waals surface area contributed by atoms with Gasteiger partial charge in [0, 0.05) is 6.54 Å². The zero-order chi connectivity index (χ0) is 13.9. The van der Waals surface area contributed by atoms with Crippen molar-refractivity contribution in [1.29, 1.82) is 0 Å². The molecule has 0 spiro atoms. The van der Waals surface area contributed by atoms with Crippen LogP contribution in [0.2, 0.25) is 0 Å². The molecule has 7 nitrogen and oxygen atoms in total. The summed E-state index contributed by atoms with van der Waals surface area (Å²) in [6, 6.07) is 4.46. The molecule has 0 radical (unpaired) electrons. The van der Waals surface area contributed by atoms with Crippen LogP contribution in [0.1, 0.15) is 5.56 Å². The van der Waals surface area contributed by atoms with Crippen LogP contribution in [-0.2, 0) is 14.8 Å². The number of amides is 1. The molecule has 0 aliphatic heterocycles. The van der Waals surface area contributed by atoms with Gasteiger partial charge in [-0.15, -0.1) is 0 Å². The fraction of sp³-hybridized carbons (Fsp3) is 0.300. The number of aliphatic hydroxyl groups excluding tert-OH is 1. The van der Waals surface area contributed by atoms with E-state index in [2.05, 4.69) is 4.72 Å². The maximum absolute atomic E-state index is 11.8. The van der Waals surface area contributed by atoms with Gasteiger partial charge in [0.1, 0.15) is 11.0 Å². The van der Waals surface area contributed by atoms with Crippen LogP contribution in [0.4, 0.5) is 5.69 Å². The largest absolute Gasteiger partial charge is 0.398 e. The minimum atomic E-state index is -3.88. The normalized spacial score (nSPS) is 13.2.